The number of benzene rings is 1. The summed E-state index contributed by atoms with van der Waals surface area (Å²) in [4.78, 5) is 31.2. The van der Waals surface area contributed by atoms with E-state index in [9.17, 15) is 33.3 Å². The molecule has 15 heteroatoms. The van der Waals surface area contributed by atoms with Gasteiger partial charge in [0.1, 0.15) is 12.2 Å². The lowest BCUT2D eigenvalue weighted by Crippen LogP contribution is -2.51. The Morgan fingerprint density at radius 3 is 2.51 bits per heavy atom. The summed E-state index contributed by atoms with van der Waals surface area (Å²) in [6.07, 6.45) is -5.32. The summed E-state index contributed by atoms with van der Waals surface area (Å²) in [6.45, 7) is 2.57. The zero-order valence-electron chi connectivity index (χ0n) is 25.6. The van der Waals surface area contributed by atoms with Gasteiger partial charge in [-0.3, -0.25) is 4.79 Å². The van der Waals surface area contributed by atoms with Crippen molar-refractivity contribution in [2.45, 2.75) is 75.2 Å². The van der Waals surface area contributed by atoms with Gasteiger partial charge in [-0.1, -0.05) is 37.3 Å². The third-order valence-electron chi connectivity index (χ3n) is 8.82. The number of hydrogen-bond acceptors (Lipinski definition) is 10. The van der Waals surface area contributed by atoms with E-state index in [1.54, 1.807) is 11.5 Å². The van der Waals surface area contributed by atoms with Gasteiger partial charge in [-0.05, 0) is 45.3 Å². The summed E-state index contributed by atoms with van der Waals surface area (Å²) in [6, 6.07) is 7.33. The molecule has 0 unspecified atom stereocenters. The number of likely N-dealkylation sites (N-methyl/N-ethyl adjacent to an activating group) is 1. The second kappa shape index (κ2) is 13.4. The molecule has 1 aliphatic carbocycles. The fraction of sp³-hybridized carbons (Fsp3) is 0.600. The molecule has 1 saturated heterocycles. The van der Waals surface area contributed by atoms with Crippen molar-refractivity contribution >= 4 is 28.8 Å². The monoisotopic (exact) mass is 634 g/mol. The van der Waals surface area contributed by atoms with E-state index in [0.717, 1.165) is 12.0 Å². The largest absolute Gasteiger partial charge is 0.471 e. The number of carbonyl (C=O) groups is 1. The van der Waals surface area contributed by atoms with Crippen LogP contribution in [0.5, 0.6) is 0 Å². The number of aliphatic hydroxyl groups excluding tert-OH is 3. The first-order valence-electron chi connectivity index (χ1n) is 15.2. The highest BCUT2D eigenvalue weighted by Gasteiger charge is 2.51. The molecule has 6 atom stereocenters. The summed E-state index contributed by atoms with van der Waals surface area (Å²) in [5.41, 5.74) is 1.66. The van der Waals surface area contributed by atoms with Gasteiger partial charge in [0.25, 0.3) is 0 Å². The van der Waals surface area contributed by atoms with Crippen molar-refractivity contribution < 1.29 is 33.3 Å². The highest BCUT2D eigenvalue weighted by molar-refractivity contribution is 5.85. The quantitative estimate of drug-likeness (QED) is 0.247. The Balaban J connectivity index is 1.52. The Morgan fingerprint density at radius 1 is 1.16 bits per heavy atom. The SMILES string of the molecule is CCCN(C(=O)C(F)(F)F)[C@H]1C[C@@H](n2cnc3c(N[C@H](CO)Cc4ccccc4)nc(N4CC[C@@H](N(C)C)C4)nc32)[C@H](O)[C@@H]1O. The van der Waals surface area contributed by atoms with Gasteiger partial charge in [-0.25, -0.2) is 4.98 Å². The maximum absolute atomic E-state index is 13.5. The van der Waals surface area contributed by atoms with E-state index < -0.39 is 42.4 Å². The Morgan fingerprint density at radius 2 is 1.89 bits per heavy atom. The van der Waals surface area contributed by atoms with Crippen LogP contribution < -0.4 is 10.2 Å². The van der Waals surface area contributed by atoms with Gasteiger partial charge in [0, 0.05) is 25.7 Å². The highest BCUT2D eigenvalue weighted by Crippen LogP contribution is 2.38. The maximum Gasteiger partial charge on any atom is 0.471 e. The third kappa shape index (κ3) is 6.86. The lowest BCUT2D eigenvalue weighted by molar-refractivity contribution is -0.190. The number of amides is 1. The van der Waals surface area contributed by atoms with Crippen LogP contribution in [0.15, 0.2) is 36.7 Å². The molecule has 0 radical (unpaired) electrons. The molecule has 12 nitrogen and oxygen atoms in total. The van der Waals surface area contributed by atoms with Gasteiger partial charge < -0.3 is 39.9 Å². The molecule has 0 spiro atoms. The molecule has 1 aliphatic heterocycles. The van der Waals surface area contributed by atoms with Crippen molar-refractivity contribution in [2.75, 3.05) is 50.6 Å². The Kier molecular flexibility index (Phi) is 9.82. The number of rotatable bonds is 11. The summed E-state index contributed by atoms with van der Waals surface area (Å²) >= 11 is 0. The number of carbonyl (C=O) groups excluding carboxylic acids is 1. The molecule has 45 heavy (non-hydrogen) atoms. The first-order chi connectivity index (χ1) is 21.4. The van der Waals surface area contributed by atoms with Crippen molar-refractivity contribution in [1.29, 1.82) is 0 Å². The molecular formula is C30H41F3N8O4. The minimum atomic E-state index is -5.12. The molecule has 1 aromatic carbocycles. The average Bonchev–Trinajstić information content (AvgIpc) is 3.74. The minimum Gasteiger partial charge on any atom is -0.394 e. The van der Waals surface area contributed by atoms with Crippen LogP contribution in [0.1, 0.15) is 37.8 Å². The Labute approximate surface area is 259 Å². The zero-order valence-corrected chi connectivity index (χ0v) is 25.6. The normalized spacial score (nSPS) is 24.5. The van der Waals surface area contributed by atoms with Gasteiger partial charge in [-0.2, -0.15) is 23.1 Å². The Hall–Kier alpha value is -3.53. The van der Waals surface area contributed by atoms with E-state index in [1.807, 2.05) is 49.3 Å². The van der Waals surface area contributed by atoms with Gasteiger partial charge in [-0.15, -0.1) is 0 Å². The number of fused-ring (bicyclic) bond motifs is 1. The standard InChI is InChI=1S/C30H41F3N8O4/c1-4-11-40(28(45)30(31,32)33)21-14-22(25(44)24(21)43)41-17-34-23-26(35-19(16-42)13-18-8-6-5-7-9-18)36-29(37-27(23)41)39-12-10-20(15-39)38(2)3/h5-9,17,19-22,24-25,42-44H,4,10-16H2,1-3H3,(H,35,36,37)/t19-,20+,21-,22+,24+,25-/m0/s1. The van der Waals surface area contributed by atoms with Crippen molar-refractivity contribution in [3.05, 3.63) is 42.2 Å². The van der Waals surface area contributed by atoms with Crippen molar-refractivity contribution in [1.82, 2.24) is 29.3 Å². The summed E-state index contributed by atoms with van der Waals surface area (Å²) in [5.74, 6) is -1.29. The van der Waals surface area contributed by atoms with Crippen LogP contribution in [0.2, 0.25) is 0 Å². The summed E-state index contributed by atoms with van der Waals surface area (Å²) in [7, 11) is 4.01. The van der Waals surface area contributed by atoms with Crippen LogP contribution in [-0.2, 0) is 11.2 Å². The van der Waals surface area contributed by atoms with E-state index in [0.29, 0.717) is 47.3 Å². The molecule has 5 rings (SSSR count). The summed E-state index contributed by atoms with van der Waals surface area (Å²) < 4.78 is 41.9. The topological polar surface area (TPSA) is 143 Å². The number of alkyl halides is 3. The van der Waals surface area contributed by atoms with Gasteiger partial charge in [0.15, 0.2) is 17.0 Å². The second-order valence-electron chi connectivity index (χ2n) is 12.1. The molecule has 0 bridgehead atoms. The number of halogens is 3. The fourth-order valence-corrected chi connectivity index (χ4v) is 6.38. The lowest BCUT2D eigenvalue weighted by Gasteiger charge is -2.31. The molecule has 1 amide bonds. The first-order valence-corrected chi connectivity index (χ1v) is 15.2. The van der Waals surface area contributed by atoms with Crippen molar-refractivity contribution in [3.63, 3.8) is 0 Å². The van der Waals surface area contributed by atoms with Crippen LogP contribution in [0.25, 0.3) is 11.2 Å². The second-order valence-corrected chi connectivity index (χ2v) is 12.1. The number of imidazole rings is 1. The number of anilines is 2. The van der Waals surface area contributed by atoms with Crippen LogP contribution in [-0.4, -0.2) is 127 Å². The van der Waals surface area contributed by atoms with E-state index in [1.165, 1.54) is 6.33 Å². The molecule has 1 saturated carbocycles. The van der Waals surface area contributed by atoms with Gasteiger partial charge in [0.05, 0.1) is 31.1 Å². The van der Waals surface area contributed by atoms with Crippen LogP contribution in [0, 0.1) is 0 Å². The van der Waals surface area contributed by atoms with Gasteiger partial charge >= 0.3 is 12.1 Å². The number of nitrogens with one attached hydrogen (secondary N) is 1. The third-order valence-corrected chi connectivity index (χ3v) is 8.82. The number of aromatic nitrogens is 4. The molecular weight excluding hydrogens is 593 g/mol. The predicted octanol–water partition coefficient (Wildman–Crippen LogP) is 1.82. The van der Waals surface area contributed by atoms with E-state index in [2.05, 4.69) is 15.2 Å². The molecule has 3 aromatic rings. The summed E-state index contributed by atoms with van der Waals surface area (Å²) in [5, 5.41) is 35.6. The first kappa shape index (κ1) is 32.9. The average molecular weight is 635 g/mol. The molecule has 2 fully saturated rings. The number of aliphatic hydroxyl groups is 3. The smallest absolute Gasteiger partial charge is 0.394 e. The van der Waals surface area contributed by atoms with Crippen molar-refractivity contribution in [3.8, 4) is 0 Å². The van der Waals surface area contributed by atoms with E-state index in [-0.39, 0.29) is 32.0 Å². The zero-order chi connectivity index (χ0) is 32.5. The maximum atomic E-state index is 13.5. The number of hydrogen-bond donors (Lipinski definition) is 4. The molecule has 246 valence electrons. The highest BCUT2D eigenvalue weighted by atomic mass is 19.4. The van der Waals surface area contributed by atoms with Gasteiger partial charge in [0.2, 0.25) is 5.95 Å². The minimum absolute atomic E-state index is 0.141. The Bertz CT molecular complexity index is 1460. The molecule has 3 heterocycles. The number of nitrogens with zero attached hydrogens (tertiary/aromatic N) is 7. The predicted molar refractivity (Wildman–Crippen MR) is 162 cm³/mol. The lowest BCUT2D eigenvalue weighted by atomic mass is 10.1. The molecule has 4 N–H and O–H groups in total. The van der Waals surface area contributed by atoms with Crippen molar-refractivity contribution in [2.24, 2.45) is 0 Å². The van der Waals surface area contributed by atoms with Crippen LogP contribution >= 0.6 is 0 Å². The van der Waals surface area contributed by atoms with Crippen LogP contribution in [0.3, 0.4) is 0 Å². The molecule has 2 aromatic heterocycles. The molecule has 2 aliphatic rings. The fourth-order valence-electron chi connectivity index (χ4n) is 6.38. The van der Waals surface area contributed by atoms with Crippen LogP contribution in [0.4, 0.5) is 24.9 Å². The van der Waals surface area contributed by atoms with E-state index >= 15 is 0 Å². The van der Waals surface area contributed by atoms with E-state index in [4.69, 9.17) is 9.97 Å².